The first-order chi connectivity index (χ1) is 13.7. The van der Waals surface area contributed by atoms with Crippen LogP contribution in [0.25, 0.3) is 11.5 Å². The summed E-state index contributed by atoms with van der Waals surface area (Å²) in [5, 5.41) is 11.4. The summed E-state index contributed by atoms with van der Waals surface area (Å²) in [5.74, 6) is 0.669. The molecule has 2 aromatic carbocycles. The monoisotopic (exact) mass is 376 g/mol. The van der Waals surface area contributed by atoms with E-state index in [1.807, 2.05) is 42.5 Å². The molecular formula is C22H24N4O2. The number of amides is 1. The van der Waals surface area contributed by atoms with Crippen LogP contribution in [0.3, 0.4) is 0 Å². The van der Waals surface area contributed by atoms with Crippen molar-refractivity contribution < 1.29 is 9.21 Å². The van der Waals surface area contributed by atoms with Crippen LogP contribution >= 0.6 is 0 Å². The molecular weight excluding hydrogens is 352 g/mol. The second kappa shape index (κ2) is 8.25. The fourth-order valence-electron chi connectivity index (χ4n) is 3.53. The second-order valence-electron chi connectivity index (χ2n) is 7.22. The van der Waals surface area contributed by atoms with E-state index in [-0.39, 0.29) is 11.8 Å². The van der Waals surface area contributed by atoms with Crippen LogP contribution in [0.5, 0.6) is 0 Å². The molecule has 144 valence electrons. The average molecular weight is 376 g/mol. The van der Waals surface area contributed by atoms with E-state index in [1.165, 1.54) is 5.56 Å². The fraction of sp³-hybridized carbons (Fsp3) is 0.318. The Kier molecular flexibility index (Phi) is 5.37. The van der Waals surface area contributed by atoms with Gasteiger partial charge < -0.3 is 14.6 Å². The fourth-order valence-corrected chi connectivity index (χ4v) is 3.53. The van der Waals surface area contributed by atoms with E-state index >= 15 is 0 Å². The highest BCUT2D eigenvalue weighted by molar-refractivity contribution is 5.78. The third-order valence-electron chi connectivity index (χ3n) is 5.12. The van der Waals surface area contributed by atoms with Gasteiger partial charge in [0.15, 0.2) is 0 Å². The van der Waals surface area contributed by atoms with E-state index < -0.39 is 0 Å². The molecule has 0 radical (unpaired) electrons. The zero-order valence-electron chi connectivity index (χ0n) is 16.0. The Labute approximate surface area is 164 Å². The topological polar surface area (TPSA) is 71.3 Å². The molecule has 0 bridgehead atoms. The standard InChI is InChI=1S/C22H24N4O2/c1-16-6-5-7-17(14-16)15-23-20(27)18-10-12-26(13-11-18)22-25-24-21(28-22)19-8-3-2-4-9-19/h2-9,14,18H,10-13,15H2,1H3,(H,23,27). The largest absolute Gasteiger partial charge is 0.403 e. The summed E-state index contributed by atoms with van der Waals surface area (Å²) in [6, 6.07) is 18.5. The molecule has 1 amide bonds. The number of nitrogens with zero attached hydrogens (tertiary/aromatic N) is 3. The van der Waals surface area contributed by atoms with Crippen molar-refractivity contribution in [1.29, 1.82) is 0 Å². The molecule has 6 heteroatoms. The van der Waals surface area contributed by atoms with Gasteiger partial charge in [-0.15, -0.1) is 5.10 Å². The summed E-state index contributed by atoms with van der Waals surface area (Å²) in [5.41, 5.74) is 3.24. The van der Waals surface area contributed by atoms with E-state index in [0.29, 0.717) is 18.5 Å². The number of carbonyl (C=O) groups excluding carboxylic acids is 1. The predicted molar refractivity (Wildman–Crippen MR) is 108 cm³/mol. The van der Waals surface area contributed by atoms with E-state index in [4.69, 9.17) is 4.42 Å². The van der Waals surface area contributed by atoms with E-state index in [1.54, 1.807) is 0 Å². The Morgan fingerprint density at radius 2 is 1.89 bits per heavy atom. The van der Waals surface area contributed by atoms with Gasteiger partial charge in [0.05, 0.1) is 0 Å². The second-order valence-corrected chi connectivity index (χ2v) is 7.22. The van der Waals surface area contributed by atoms with Crippen LogP contribution in [-0.2, 0) is 11.3 Å². The van der Waals surface area contributed by atoms with Gasteiger partial charge in [0.1, 0.15) is 0 Å². The highest BCUT2D eigenvalue weighted by atomic mass is 16.4. The molecule has 1 N–H and O–H groups in total. The van der Waals surface area contributed by atoms with Crippen LogP contribution in [0.1, 0.15) is 24.0 Å². The third-order valence-corrected chi connectivity index (χ3v) is 5.12. The molecule has 1 fully saturated rings. The number of hydrogen-bond acceptors (Lipinski definition) is 5. The first-order valence-electron chi connectivity index (χ1n) is 9.66. The average Bonchev–Trinajstić information content (AvgIpc) is 3.23. The number of carbonyl (C=O) groups is 1. The van der Waals surface area contributed by atoms with Crippen LogP contribution in [0, 0.1) is 12.8 Å². The number of aromatic nitrogens is 2. The van der Waals surface area contributed by atoms with Gasteiger partial charge in [-0.3, -0.25) is 4.79 Å². The lowest BCUT2D eigenvalue weighted by Gasteiger charge is -2.29. The zero-order valence-corrected chi connectivity index (χ0v) is 16.0. The Balaban J connectivity index is 1.30. The van der Waals surface area contributed by atoms with Gasteiger partial charge in [-0.1, -0.05) is 53.1 Å². The van der Waals surface area contributed by atoms with Gasteiger partial charge in [0, 0.05) is 31.1 Å². The smallest absolute Gasteiger partial charge is 0.318 e. The zero-order chi connectivity index (χ0) is 19.3. The summed E-state index contributed by atoms with van der Waals surface area (Å²) >= 11 is 0. The van der Waals surface area contributed by atoms with Crippen molar-refractivity contribution in [3.8, 4) is 11.5 Å². The summed E-state index contributed by atoms with van der Waals surface area (Å²) in [4.78, 5) is 14.6. The Bertz CT molecular complexity index is 930. The quantitative estimate of drug-likeness (QED) is 0.737. The number of benzene rings is 2. The maximum atomic E-state index is 12.5. The predicted octanol–water partition coefficient (Wildman–Crippen LogP) is 3.58. The van der Waals surface area contributed by atoms with Crippen LogP contribution < -0.4 is 10.2 Å². The van der Waals surface area contributed by atoms with Gasteiger partial charge >= 0.3 is 6.01 Å². The minimum absolute atomic E-state index is 0.0255. The summed E-state index contributed by atoms with van der Waals surface area (Å²) in [6.45, 7) is 4.10. The molecule has 1 saturated heterocycles. The Morgan fingerprint density at radius 1 is 1.11 bits per heavy atom. The van der Waals surface area contributed by atoms with Gasteiger partial charge in [-0.25, -0.2) is 0 Å². The lowest BCUT2D eigenvalue weighted by atomic mass is 9.96. The van der Waals surface area contributed by atoms with Crippen LogP contribution in [0.15, 0.2) is 59.0 Å². The number of piperidine rings is 1. The van der Waals surface area contributed by atoms with Crippen molar-refractivity contribution in [2.45, 2.75) is 26.3 Å². The van der Waals surface area contributed by atoms with E-state index in [2.05, 4.69) is 39.5 Å². The Hall–Kier alpha value is -3.15. The van der Waals surface area contributed by atoms with Gasteiger partial charge in [0.2, 0.25) is 11.8 Å². The maximum Gasteiger partial charge on any atom is 0.318 e. The minimum Gasteiger partial charge on any atom is -0.403 e. The number of hydrogen-bond donors (Lipinski definition) is 1. The van der Waals surface area contributed by atoms with Gasteiger partial charge in [-0.05, 0) is 37.5 Å². The molecule has 6 nitrogen and oxygen atoms in total. The van der Waals surface area contributed by atoms with Crippen molar-refractivity contribution in [3.05, 3.63) is 65.7 Å². The first kappa shape index (κ1) is 18.2. The van der Waals surface area contributed by atoms with Crippen LogP contribution in [0.2, 0.25) is 0 Å². The van der Waals surface area contributed by atoms with Gasteiger partial charge in [0.25, 0.3) is 0 Å². The molecule has 28 heavy (non-hydrogen) atoms. The van der Waals surface area contributed by atoms with Crippen molar-refractivity contribution in [2.24, 2.45) is 5.92 Å². The molecule has 4 rings (SSSR count). The van der Waals surface area contributed by atoms with Crippen molar-refractivity contribution in [3.63, 3.8) is 0 Å². The highest BCUT2D eigenvalue weighted by Crippen LogP contribution is 2.26. The number of rotatable bonds is 5. The lowest BCUT2D eigenvalue weighted by molar-refractivity contribution is -0.125. The SMILES string of the molecule is Cc1cccc(CNC(=O)C2CCN(c3nnc(-c4ccccc4)o3)CC2)c1. The van der Waals surface area contributed by atoms with Crippen molar-refractivity contribution in [1.82, 2.24) is 15.5 Å². The molecule has 1 aromatic heterocycles. The molecule has 0 atom stereocenters. The van der Waals surface area contributed by atoms with E-state index in [9.17, 15) is 4.79 Å². The minimum atomic E-state index is 0.0255. The first-order valence-corrected chi connectivity index (χ1v) is 9.66. The number of nitrogens with one attached hydrogen (secondary N) is 1. The molecule has 1 aliphatic rings. The number of anilines is 1. The molecule has 1 aliphatic heterocycles. The summed E-state index contributed by atoms with van der Waals surface area (Å²) < 4.78 is 5.82. The normalized spacial score (nSPS) is 14.8. The highest BCUT2D eigenvalue weighted by Gasteiger charge is 2.27. The van der Waals surface area contributed by atoms with Crippen LogP contribution in [0.4, 0.5) is 6.01 Å². The van der Waals surface area contributed by atoms with Crippen LogP contribution in [-0.4, -0.2) is 29.2 Å². The lowest BCUT2D eigenvalue weighted by Crippen LogP contribution is -2.40. The molecule has 0 saturated carbocycles. The maximum absolute atomic E-state index is 12.5. The molecule has 0 spiro atoms. The summed E-state index contributed by atoms with van der Waals surface area (Å²) in [6.07, 6.45) is 1.56. The molecule has 2 heterocycles. The van der Waals surface area contributed by atoms with Gasteiger partial charge in [-0.2, -0.15) is 0 Å². The van der Waals surface area contributed by atoms with Crippen molar-refractivity contribution in [2.75, 3.05) is 18.0 Å². The summed E-state index contributed by atoms with van der Waals surface area (Å²) in [7, 11) is 0. The number of aryl methyl sites for hydroxylation is 1. The third kappa shape index (κ3) is 4.22. The van der Waals surface area contributed by atoms with Crippen molar-refractivity contribution >= 4 is 11.9 Å². The molecule has 3 aromatic rings. The Morgan fingerprint density at radius 3 is 2.64 bits per heavy atom. The van der Waals surface area contributed by atoms with E-state index in [0.717, 1.165) is 37.1 Å². The molecule has 0 unspecified atom stereocenters. The molecule has 0 aliphatic carbocycles.